The molecule has 0 bridgehead atoms. The Kier molecular flexibility index (Phi) is 5.26. The van der Waals surface area contributed by atoms with Gasteiger partial charge in [0.25, 0.3) is 5.91 Å². The highest BCUT2D eigenvalue weighted by Gasteiger charge is 2.17. The zero-order valence-electron chi connectivity index (χ0n) is 16.8. The molecule has 0 aliphatic rings. The maximum atomic E-state index is 12.9. The highest BCUT2D eigenvalue weighted by Crippen LogP contribution is 2.20. The van der Waals surface area contributed by atoms with Crippen LogP contribution in [0.4, 0.5) is 5.69 Å². The zero-order chi connectivity index (χ0) is 21.1. The van der Waals surface area contributed by atoms with Gasteiger partial charge in [-0.05, 0) is 37.6 Å². The molecule has 0 aliphatic carbocycles. The van der Waals surface area contributed by atoms with Crippen molar-refractivity contribution in [3.63, 3.8) is 0 Å². The van der Waals surface area contributed by atoms with Gasteiger partial charge in [-0.3, -0.25) is 9.59 Å². The Balaban J connectivity index is 1.57. The molecule has 0 radical (unpaired) electrons. The van der Waals surface area contributed by atoms with Gasteiger partial charge in [0.15, 0.2) is 5.78 Å². The smallest absolute Gasteiger partial charge is 0.259 e. The third-order valence-electron chi connectivity index (χ3n) is 5.02. The summed E-state index contributed by atoms with van der Waals surface area (Å²) in [6, 6.07) is 23.9. The lowest BCUT2D eigenvalue weighted by Gasteiger charge is -2.09. The third kappa shape index (κ3) is 3.78. The average Bonchev–Trinajstić information content (AvgIpc) is 3.15. The standard InChI is InChI=1S/C25H21N3O2/c1-17-9-6-7-14-23(17)28-18(2)22(16-26-28)25(30)27-21-13-8-12-20(15-21)24(29)19-10-4-3-5-11-19/h3-16H,1-2H3,(H,27,30). The summed E-state index contributed by atoms with van der Waals surface area (Å²) < 4.78 is 1.76. The van der Waals surface area contributed by atoms with Gasteiger partial charge >= 0.3 is 0 Å². The van der Waals surface area contributed by atoms with Crippen molar-refractivity contribution in [1.29, 1.82) is 0 Å². The predicted octanol–water partition coefficient (Wildman–Crippen LogP) is 4.97. The monoisotopic (exact) mass is 395 g/mol. The van der Waals surface area contributed by atoms with E-state index in [1.807, 2.05) is 56.3 Å². The van der Waals surface area contributed by atoms with E-state index in [-0.39, 0.29) is 11.7 Å². The minimum absolute atomic E-state index is 0.0877. The largest absolute Gasteiger partial charge is 0.322 e. The SMILES string of the molecule is Cc1ccccc1-n1ncc(C(=O)Nc2cccc(C(=O)c3ccccc3)c2)c1C. The molecule has 0 saturated carbocycles. The molecule has 1 heterocycles. The van der Waals surface area contributed by atoms with Crippen LogP contribution in [0.5, 0.6) is 0 Å². The van der Waals surface area contributed by atoms with Crippen molar-refractivity contribution in [2.24, 2.45) is 0 Å². The number of hydrogen-bond acceptors (Lipinski definition) is 3. The second kappa shape index (κ2) is 8.17. The first-order chi connectivity index (χ1) is 14.5. The first-order valence-corrected chi connectivity index (χ1v) is 9.66. The first-order valence-electron chi connectivity index (χ1n) is 9.66. The summed E-state index contributed by atoms with van der Waals surface area (Å²) in [5.74, 6) is -0.355. The Morgan fingerprint density at radius 2 is 1.53 bits per heavy atom. The fourth-order valence-corrected chi connectivity index (χ4v) is 3.37. The van der Waals surface area contributed by atoms with Crippen LogP contribution in [0.25, 0.3) is 5.69 Å². The van der Waals surface area contributed by atoms with Gasteiger partial charge in [-0.15, -0.1) is 0 Å². The normalized spacial score (nSPS) is 10.6. The molecule has 148 valence electrons. The van der Waals surface area contributed by atoms with Crippen LogP contribution in [0, 0.1) is 13.8 Å². The van der Waals surface area contributed by atoms with Crippen LogP contribution in [0.15, 0.2) is 85.1 Å². The molecular weight excluding hydrogens is 374 g/mol. The molecular formula is C25H21N3O2. The van der Waals surface area contributed by atoms with Gasteiger partial charge in [0, 0.05) is 16.8 Å². The zero-order valence-corrected chi connectivity index (χ0v) is 16.8. The fourth-order valence-electron chi connectivity index (χ4n) is 3.37. The average molecular weight is 395 g/mol. The number of anilines is 1. The van der Waals surface area contributed by atoms with Crippen LogP contribution in [0.2, 0.25) is 0 Å². The Hall–Kier alpha value is -3.99. The molecule has 0 saturated heterocycles. The highest BCUT2D eigenvalue weighted by molar-refractivity contribution is 6.10. The molecule has 0 atom stereocenters. The van der Waals surface area contributed by atoms with Gasteiger partial charge in [0.2, 0.25) is 0 Å². The number of hydrogen-bond donors (Lipinski definition) is 1. The number of aromatic nitrogens is 2. The van der Waals surface area contributed by atoms with E-state index in [0.29, 0.717) is 22.4 Å². The summed E-state index contributed by atoms with van der Waals surface area (Å²) in [5.41, 5.74) is 4.93. The van der Waals surface area contributed by atoms with E-state index in [4.69, 9.17) is 0 Å². The van der Waals surface area contributed by atoms with E-state index in [9.17, 15) is 9.59 Å². The van der Waals surface area contributed by atoms with Crippen molar-refractivity contribution < 1.29 is 9.59 Å². The van der Waals surface area contributed by atoms with Crippen LogP contribution in [-0.4, -0.2) is 21.5 Å². The summed E-state index contributed by atoms with van der Waals surface area (Å²) in [7, 11) is 0. The molecule has 0 aliphatic heterocycles. The van der Waals surface area contributed by atoms with Crippen molar-refractivity contribution in [3.05, 3.63) is 113 Å². The topological polar surface area (TPSA) is 64.0 Å². The van der Waals surface area contributed by atoms with Gasteiger partial charge in [0.1, 0.15) is 0 Å². The highest BCUT2D eigenvalue weighted by atomic mass is 16.1. The van der Waals surface area contributed by atoms with E-state index >= 15 is 0 Å². The second-order valence-corrected chi connectivity index (χ2v) is 7.07. The molecule has 5 heteroatoms. The van der Waals surface area contributed by atoms with Crippen molar-refractivity contribution in [2.75, 3.05) is 5.32 Å². The van der Waals surface area contributed by atoms with Crippen LogP contribution in [0.3, 0.4) is 0 Å². The lowest BCUT2D eigenvalue weighted by Crippen LogP contribution is -2.14. The van der Waals surface area contributed by atoms with Crippen molar-refractivity contribution >= 4 is 17.4 Å². The van der Waals surface area contributed by atoms with Gasteiger partial charge in [-0.1, -0.05) is 60.7 Å². The molecule has 5 nitrogen and oxygen atoms in total. The summed E-state index contributed by atoms with van der Waals surface area (Å²) in [6.45, 7) is 3.87. The Bertz CT molecular complexity index is 1230. The van der Waals surface area contributed by atoms with E-state index < -0.39 is 0 Å². The Morgan fingerprint density at radius 3 is 2.30 bits per heavy atom. The van der Waals surface area contributed by atoms with Crippen LogP contribution in [0.1, 0.15) is 37.5 Å². The molecule has 0 unspecified atom stereocenters. The summed E-state index contributed by atoms with van der Waals surface area (Å²) in [4.78, 5) is 25.5. The number of benzene rings is 3. The fraction of sp³-hybridized carbons (Fsp3) is 0.0800. The van der Waals surface area contributed by atoms with Gasteiger partial charge in [0.05, 0.1) is 23.1 Å². The maximum absolute atomic E-state index is 12.9. The quantitative estimate of drug-likeness (QED) is 0.485. The Morgan fingerprint density at radius 1 is 0.833 bits per heavy atom. The molecule has 0 spiro atoms. The minimum atomic E-state index is -0.267. The maximum Gasteiger partial charge on any atom is 0.259 e. The molecule has 4 rings (SSSR count). The molecule has 1 N–H and O–H groups in total. The summed E-state index contributed by atoms with van der Waals surface area (Å²) >= 11 is 0. The van der Waals surface area contributed by atoms with Gasteiger partial charge in [-0.25, -0.2) is 4.68 Å². The number of aryl methyl sites for hydroxylation is 1. The molecule has 4 aromatic rings. The van der Waals surface area contributed by atoms with Crippen molar-refractivity contribution in [3.8, 4) is 5.69 Å². The number of carbonyl (C=O) groups is 2. The first kappa shape index (κ1) is 19.3. The van der Waals surface area contributed by atoms with Crippen LogP contribution >= 0.6 is 0 Å². The van der Waals surface area contributed by atoms with E-state index in [1.54, 1.807) is 47.3 Å². The number of amides is 1. The molecule has 3 aromatic carbocycles. The molecule has 1 aromatic heterocycles. The summed E-state index contributed by atoms with van der Waals surface area (Å²) in [6.07, 6.45) is 1.57. The number of nitrogens with zero attached hydrogens (tertiary/aromatic N) is 2. The van der Waals surface area contributed by atoms with Gasteiger partial charge < -0.3 is 5.32 Å². The number of carbonyl (C=O) groups excluding carboxylic acids is 2. The van der Waals surface area contributed by atoms with Crippen molar-refractivity contribution in [2.45, 2.75) is 13.8 Å². The van der Waals surface area contributed by atoms with Crippen LogP contribution in [-0.2, 0) is 0 Å². The molecule has 1 amide bonds. The van der Waals surface area contributed by atoms with E-state index in [0.717, 1.165) is 16.9 Å². The number of nitrogens with one attached hydrogen (secondary N) is 1. The lowest BCUT2D eigenvalue weighted by molar-refractivity contribution is 0.102. The number of rotatable bonds is 5. The van der Waals surface area contributed by atoms with E-state index in [2.05, 4.69) is 10.4 Å². The summed E-state index contributed by atoms with van der Waals surface area (Å²) in [5, 5.41) is 7.28. The third-order valence-corrected chi connectivity index (χ3v) is 5.02. The van der Waals surface area contributed by atoms with Gasteiger partial charge in [-0.2, -0.15) is 5.10 Å². The Labute approximate surface area is 175 Å². The number of ketones is 1. The van der Waals surface area contributed by atoms with E-state index in [1.165, 1.54) is 0 Å². The predicted molar refractivity (Wildman–Crippen MR) is 117 cm³/mol. The lowest BCUT2D eigenvalue weighted by atomic mass is 10.0. The van der Waals surface area contributed by atoms with Crippen molar-refractivity contribution in [1.82, 2.24) is 9.78 Å². The molecule has 0 fully saturated rings. The van der Waals surface area contributed by atoms with Crippen LogP contribution < -0.4 is 5.32 Å². The second-order valence-electron chi connectivity index (χ2n) is 7.07. The number of para-hydroxylation sites is 1. The molecule has 30 heavy (non-hydrogen) atoms. The minimum Gasteiger partial charge on any atom is -0.322 e.